The molecule has 108 valence electrons. The minimum absolute atomic E-state index is 0.273. The minimum Gasteiger partial charge on any atom is -0.478 e. The van der Waals surface area contributed by atoms with Crippen LogP contribution in [-0.4, -0.2) is 34.1 Å². The number of hydrogen-bond acceptors (Lipinski definition) is 5. The van der Waals surface area contributed by atoms with Crippen LogP contribution in [0.3, 0.4) is 0 Å². The molecular weight excluding hydrogens is 258 g/mol. The second-order valence-electron chi connectivity index (χ2n) is 4.54. The topological polar surface area (TPSA) is 47.0 Å². The standard InChI is InChI=1S/C14H25N3OS/c1-5-8-18-13-9-12(16-11-17-13)15-10-14(6-2,7-3)19-4/h9,11H,5-8,10H2,1-4H3,(H,15,16,17). The fraction of sp³-hybridized carbons (Fsp3) is 0.714. The first-order chi connectivity index (χ1) is 9.19. The van der Waals surface area contributed by atoms with E-state index < -0.39 is 0 Å². The van der Waals surface area contributed by atoms with Gasteiger partial charge in [0.1, 0.15) is 12.1 Å². The van der Waals surface area contributed by atoms with Crippen LogP contribution in [0.25, 0.3) is 0 Å². The first-order valence-electron chi connectivity index (χ1n) is 6.93. The molecule has 1 rings (SSSR count). The van der Waals surface area contributed by atoms with Gasteiger partial charge in [0.15, 0.2) is 0 Å². The Balaban J connectivity index is 2.61. The van der Waals surface area contributed by atoms with E-state index in [1.165, 1.54) is 0 Å². The van der Waals surface area contributed by atoms with Crippen LogP contribution < -0.4 is 10.1 Å². The Morgan fingerprint density at radius 3 is 2.58 bits per heavy atom. The van der Waals surface area contributed by atoms with Crippen LogP contribution in [0, 0.1) is 0 Å². The van der Waals surface area contributed by atoms with Crippen molar-refractivity contribution in [3.05, 3.63) is 12.4 Å². The molecule has 0 aliphatic heterocycles. The van der Waals surface area contributed by atoms with E-state index in [0.717, 1.165) is 31.6 Å². The molecule has 1 aromatic rings. The van der Waals surface area contributed by atoms with E-state index in [1.54, 1.807) is 6.33 Å². The molecule has 0 saturated heterocycles. The molecular formula is C14H25N3OS. The number of aromatic nitrogens is 2. The van der Waals surface area contributed by atoms with E-state index in [0.29, 0.717) is 12.5 Å². The van der Waals surface area contributed by atoms with Crippen LogP contribution in [-0.2, 0) is 0 Å². The average molecular weight is 283 g/mol. The Kier molecular flexibility index (Phi) is 6.99. The molecule has 0 atom stereocenters. The summed E-state index contributed by atoms with van der Waals surface area (Å²) in [5, 5.41) is 3.40. The maximum absolute atomic E-state index is 5.51. The van der Waals surface area contributed by atoms with Crippen LogP contribution in [0.15, 0.2) is 12.4 Å². The molecule has 0 fully saturated rings. The maximum atomic E-state index is 5.51. The maximum Gasteiger partial charge on any atom is 0.218 e. The van der Waals surface area contributed by atoms with E-state index in [2.05, 4.69) is 42.3 Å². The molecule has 0 bridgehead atoms. The van der Waals surface area contributed by atoms with Crippen molar-refractivity contribution in [2.75, 3.05) is 24.7 Å². The molecule has 0 aliphatic carbocycles. The molecule has 5 heteroatoms. The summed E-state index contributed by atoms with van der Waals surface area (Å²) < 4.78 is 5.78. The zero-order valence-electron chi connectivity index (χ0n) is 12.4. The third-order valence-electron chi connectivity index (χ3n) is 3.41. The van der Waals surface area contributed by atoms with Gasteiger partial charge in [-0.25, -0.2) is 9.97 Å². The molecule has 0 saturated carbocycles. The highest BCUT2D eigenvalue weighted by Crippen LogP contribution is 2.30. The van der Waals surface area contributed by atoms with Crippen molar-refractivity contribution >= 4 is 17.6 Å². The van der Waals surface area contributed by atoms with Crippen molar-refractivity contribution in [1.82, 2.24) is 9.97 Å². The summed E-state index contributed by atoms with van der Waals surface area (Å²) in [5.41, 5.74) is 0. The first kappa shape index (κ1) is 16.1. The predicted molar refractivity (Wildman–Crippen MR) is 83.1 cm³/mol. The van der Waals surface area contributed by atoms with Crippen LogP contribution in [0.4, 0.5) is 5.82 Å². The zero-order chi connectivity index (χ0) is 14.1. The molecule has 0 unspecified atom stereocenters. The minimum atomic E-state index is 0.273. The highest BCUT2D eigenvalue weighted by molar-refractivity contribution is 8.00. The quantitative estimate of drug-likeness (QED) is 0.750. The van der Waals surface area contributed by atoms with Crippen molar-refractivity contribution in [1.29, 1.82) is 0 Å². The SMILES string of the molecule is CCCOc1cc(NCC(CC)(CC)SC)ncn1. The Hall–Kier alpha value is -0.970. The summed E-state index contributed by atoms with van der Waals surface area (Å²) in [6.45, 7) is 8.14. The summed E-state index contributed by atoms with van der Waals surface area (Å²) in [6.07, 6.45) is 6.98. The number of nitrogens with one attached hydrogen (secondary N) is 1. The fourth-order valence-electron chi connectivity index (χ4n) is 1.83. The van der Waals surface area contributed by atoms with Gasteiger partial charge in [-0.3, -0.25) is 0 Å². The van der Waals surface area contributed by atoms with Crippen LogP contribution >= 0.6 is 11.8 Å². The number of hydrogen-bond donors (Lipinski definition) is 1. The number of rotatable bonds is 9. The summed E-state index contributed by atoms with van der Waals surface area (Å²) in [4.78, 5) is 8.35. The molecule has 0 aromatic carbocycles. The van der Waals surface area contributed by atoms with Crippen molar-refractivity contribution in [2.45, 2.75) is 44.8 Å². The van der Waals surface area contributed by atoms with E-state index in [-0.39, 0.29) is 4.75 Å². The van der Waals surface area contributed by atoms with Crippen LogP contribution in [0.5, 0.6) is 5.88 Å². The van der Waals surface area contributed by atoms with Gasteiger partial charge in [-0.1, -0.05) is 20.8 Å². The molecule has 19 heavy (non-hydrogen) atoms. The summed E-state index contributed by atoms with van der Waals surface area (Å²) in [6, 6.07) is 1.87. The highest BCUT2D eigenvalue weighted by atomic mass is 32.2. The summed E-state index contributed by atoms with van der Waals surface area (Å²) >= 11 is 1.92. The molecule has 0 aliphatic rings. The van der Waals surface area contributed by atoms with Crippen LogP contribution in [0.1, 0.15) is 40.0 Å². The first-order valence-corrected chi connectivity index (χ1v) is 8.16. The van der Waals surface area contributed by atoms with Crippen molar-refractivity contribution in [2.24, 2.45) is 0 Å². The predicted octanol–water partition coefficient (Wildman–Crippen LogP) is 3.60. The third kappa shape index (κ3) is 4.90. The number of nitrogens with zero attached hydrogens (tertiary/aromatic N) is 2. The summed E-state index contributed by atoms with van der Waals surface area (Å²) in [5.74, 6) is 1.48. The van der Waals surface area contributed by atoms with E-state index in [9.17, 15) is 0 Å². The second-order valence-corrected chi connectivity index (χ2v) is 5.81. The highest BCUT2D eigenvalue weighted by Gasteiger charge is 2.24. The van der Waals surface area contributed by atoms with E-state index in [4.69, 9.17) is 4.74 Å². The number of ether oxygens (including phenoxy) is 1. The van der Waals surface area contributed by atoms with Gasteiger partial charge in [-0.15, -0.1) is 0 Å². The zero-order valence-corrected chi connectivity index (χ0v) is 13.2. The smallest absolute Gasteiger partial charge is 0.218 e. The monoisotopic (exact) mass is 283 g/mol. The lowest BCUT2D eigenvalue weighted by Crippen LogP contribution is -2.32. The lowest BCUT2D eigenvalue weighted by Gasteiger charge is -2.30. The molecule has 1 N–H and O–H groups in total. The van der Waals surface area contributed by atoms with Gasteiger partial charge < -0.3 is 10.1 Å². The lowest BCUT2D eigenvalue weighted by atomic mass is 10.0. The van der Waals surface area contributed by atoms with Gasteiger partial charge in [-0.05, 0) is 25.5 Å². The van der Waals surface area contributed by atoms with Gasteiger partial charge in [0.05, 0.1) is 6.61 Å². The molecule has 0 spiro atoms. The Labute approximate surface area is 120 Å². The second kappa shape index (κ2) is 8.25. The van der Waals surface area contributed by atoms with Gasteiger partial charge in [0, 0.05) is 17.4 Å². The van der Waals surface area contributed by atoms with Crippen molar-refractivity contribution < 1.29 is 4.74 Å². The number of anilines is 1. The van der Waals surface area contributed by atoms with Crippen molar-refractivity contribution in [3.63, 3.8) is 0 Å². The van der Waals surface area contributed by atoms with Gasteiger partial charge in [0.2, 0.25) is 5.88 Å². The van der Waals surface area contributed by atoms with E-state index in [1.807, 2.05) is 17.8 Å². The Morgan fingerprint density at radius 2 is 2.00 bits per heavy atom. The molecule has 0 amide bonds. The molecule has 0 radical (unpaired) electrons. The van der Waals surface area contributed by atoms with Crippen LogP contribution in [0.2, 0.25) is 0 Å². The molecule has 1 heterocycles. The lowest BCUT2D eigenvalue weighted by molar-refractivity contribution is 0.305. The normalized spacial score (nSPS) is 11.4. The molecule has 4 nitrogen and oxygen atoms in total. The fourth-order valence-corrected chi connectivity index (χ4v) is 2.63. The third-order valence-corrected chi connectivity index (χ3v) is 5.00. The van der Waals surface area contributed by atoms with Crippen molar-refractivity contribution in [3.8, 4) is 5.88 Å². The summed E-state index contributed by atoms with van der Waals surface area (Å²) in [7, 11) is 0. The largest absolute Gasteiger partial charge is 0.478 e. The van der Waals surface area contributed by atoms with Gasteiger partial charge in [0.25, 0.3) is 0 Å². The molecule has 1 aromatic heterocycles. The van der Waals surface area contributed by atoms with Gasteiger partial charge >= 0.3 is 0 Å². The Morgan fingerprint density at radius 1 is 1.26 bits per heavy atom. The number of thioether (sulfide) groups is 1. The van der Waals surface area contributed by atoms with E-state index >= 15 is 0 Å². The van der Waals surface area contributed by atoms with Gasteiger partial charge in [-0.2, -0.15) is 11.8 Å². The average Bonchev–Trinajstić information content (AvgIpc) is 2.47. The Bertz CT molecular complexity index is 361.